The molecule has 0 unspecified atom stereocenters. The van der Waals surface area contributed by atoms with Crippen LogP contribution in [0.5, 0.6) is 0 Å². The van der Waals surface area contributed by atoms with Gasteiger partial charge in [-0.2, -0.15) is 0 Å². The molecule has 0 saturated heterocycles. The van der Waals surface area contributed by atoms with Gasteiger partial charge in [0.2, 0.25) is 0 Å². The van der Waals surface area contributed by atoms with Crippen LogP contribution in [0.25, 0.3) is 0 Å². The third kappa shape index (κ3) is 6.62. The number of rotatable bonds is 1. The van der Waals surface area contributed by atoms with Crippen LogP contribution in [0.4, 0.5) is 0 Å². The largest absolute Gasteiger partial charge is 0.224 e. The van der Waals surface area contributed by atoms with E-state index in [0.717, 1.165) is 11.1 Å². The third-order valence-corrected chi connectivity index (χ3v) is 2.72. The molecule has 0 spiro atoms. The molecule has 94 valence electrons. The Morgan fingerprint density at radius 2 is 1.12 bits per heavy atom. The summed E-state index contributed by atoms with van der Waals surface area (Å²) in [6.07, 6.45) is 1.22. The highest BCUT2D eigenvalue weighted by molar-refractivity contribution is 7.90. The Balaban J connectivity index is 0. The standard InChI is InChI=1S/C9H12O2S.2C2H6/c1-7-4-8(2)6-9(5-7)12(3,10)11;2*1-2/h4-6H,1-3H3;2*1-2H3. The zero-order valence-electron chi connectivity index (χ0n) is 11.5. The van der Waals surface area contributed by atoms with Crippen LogP contribution < -0.4 is 0 Å². The van der Waals surface area contributed by atoms with Crippen LogP contribution in [-0.4, -0.2) is 14.7 Å². The van der Waals surface area contributed by atoms with Crippen LogP contribution in [0.15, 0.2) is 23.1 Å². The molecule has 0 atom stereocenters. The fraction of sp³-hybridized carbons (Fsp3) is 0.538. The fourth-order valence-corrected chi connectivity index (χ4v) is 1.95. The van der Waals surface area contributed by atoms with Crippen molar-refractivity contribution in [2.75, 3.05) is 6.26 Å². The predicted octanol–water partition coefficient (Wildman–Crippen LogP) is 3.76. The number of hydrogen-bond acceptors (Lipinski definition) is 2. The molecule has 0 amide bonds. The van der Waals surface area contributed by atoms with Crippen LogP contribution >= 0.6 is 0 Å². The first-order chi connectivity index (χ1) is 7.39. The van der Waals surface area contributed by atoms with Crippen molar-refractivity contribution in [2.24, 2.45) is 0 Å². The predicted molar refractivity (Wildman–Crippen MR) is 71.7 cm³/mol. The van der Waals surface area contributed by atoms with E-state index in [1.807, 2.05) is 47.6 Å². The molecule has 0 bridgehead atoms. The second-order valence-corrected chi connectivity index (χ2v) is 5.11. The first-order valence-electron chi connectivity index (χ1n) is 5.68. The van der Waals surface area contributed by atoms with Gasteiger partial charge in [-0.3, -0.25) is 0 Å². The van der Waals surface area contributed by atoms with E-state index >= 15 is 0 Å². The van der Waals surface area contributed by atoms with E-state index in [9.17, 15) is 8.42 Å². The highest BCUT2D eigenvalue weighted by Crippen LogP contribution is 2.13. The number of hydrogen-bond donors (Lipinski definition) is 0. The molecule has 0 aliphatic rings. The average Bonchev–Trinajstić information content (AvgIpc) is 2.21. The van der Waals surface area contributed by atoms with Crippen LogP contribution in [0.2, 0.25) is 0 Å². The summed E-state index contributed by atoms with van der Waals surface area (Å²) in [5.74, 6) is 0. The molecule has 0 heterocycles. The molecule has 0 fully saturated rings. The molecule has 1 aromatic rings. The van der Waals surface area contributed by atoms with E-state index in [4.69, 9.17) is 0 Å². The minimum Gasteiger partial charge on any atom is -0.224 e. The summed E-state index contributed by atoms with van der Waals surface area (Å²) in [6, 6.07) is 5.32. The number of sulfone groups is 1. The molecule has 0 radical (unpaired) electrons. The van der Waals surface area contributed by atoms with Crippen LogP contribution in [0, 0.1) is 13.8 Å². The normalized spacial score (nSPS) is 9.44. The molecule has 1 aromatic carbocycles. The monoisotopic (exact) mass is 244 g/mol. The summed E-state index contributed by atoms with van der Waals surface area (Å²) in [6.45, 7) is 11.8. The number of aryl methyl sites for hydroxylation is 2. The lowest BCUT2D eigenvalue weighted by Crippen LogP contribution is -1.97. The third-order valence-electron chi connectivity index (χ3n) is 1.62. The molecular weight excluding hydrogens is 220 g/mol. The lowest BCUT2D eigenvalue weighted by molar-refractivity contribution is 0.601. The molecule has 1 rings (SSSR count). The summed E-state index contributed by atoms with van der Waals surface area (Å²) < 4.78 is 22.3. The Bertz CT molecular complexity index is 372. The van der Waals surface area contributed by atoms with Gasteiger partial charge in [0.1, 0.15) is 0 Å². The van der Waals surface area contributed by atoms with Gasteiger partial charge in [-0.25, -0.2) is 8.42 Å². The van der Waals surface area contributed by atoms with E-state index in [-0.39, 0.29) is 0 Å². The van der Waals surface area contributed by atoms with E-state index in [0.29, 0.717) is 4.90 Å². The van der Waals surface area contributed by atoms with Gasteiger partial charge in [-0.05, 0) is 37.1 Å². The van der Waals surface area contributed by atoms with Crippen LogP contribution in [-0.2, 0) is 9.84 Å². The van der Waals surface area contributed by atoms with E-state index in [2.05, 4.69) is 0 Å². The Morgan fingerprint density at radius 3 is 1.38 bits per heavy atom. The molecule has 0 aliphatic heterocycles. The zero-order chi connectivity index (χ0) is 13.4. The Morgan fingerprint density at radius 1 is 0.812 bits per heavy atom. The molecular formula is C13H24O2S. The summed E-state index contributed by atoms with van der Waals surface area (Å²) in [4.78, 5) is 0.403. The van der Waals surface area contributed by atoms with Crippen molar-refractivity contribution in [3.05, 3.63) is 29.3 Å². The van der Waals surface area contributed by atoms with Crippen molar-refractivity contribution in [1.82, 2.24) is 0 Å². The van der Waals surface area contributed by atoms with Gasteiger partial charge in [0.15, 0.2) is 9.84 Å². The minimum absolute atomic E-state index is 0.403. The maximum Gasteiger partial charge on any atom is 0.175 e. The second-order valence-electron chi connectivity index (χ2n) is 3.10. The van der Waals surface area contributed by atoms with Crippen molar-refractivity contribution >= 4 is 9.84 Å². The molecule has 0 saturated carbocycles. The van der Waals surface area contributed by atoms with Crippen molar-refractivity contribution < 1.29 is 8.42 Å². The van der Waals surface area contributed by atoms with Gasteiger partial charge in [0.05, 0.1) is 4.90 Å². The van der Waals surface area contributed by atoms with Crippen molar-refractivity contribution in [1.29, 1.82) is 0 Å². The molecule has 0 N–H and O–H groups in total. The quantitative estimate of drug-likeness (QED) is 0.753. The van der Waals surface area contributed by atoms with E-state index < -0.39 is 9.84 Å². The van der Waals surface area contributed by atoms with Gasteiger partial charge >= 0.3 is 0 Å². The lowest BCUT2D eigenvalue weighted by Gasteiger charge is -2.01. The molecule has 3 heteroatoms. The van der Waals surface area contributed by atoms with Gasteiger partial charge in [-0.1, -0.05) is 33.8 Å². The van der Waals surface area contributed by atoms with E-state index in [1.54, 1.807) is 12.1 Å². The summed E-state index contributed by atoms with van der Waals surface area (Å²) in [5, 5.41) is 0. The second kappa shape index (κ2) is 8.34. The van der Waals surface area contributed by atoms with Gasteiger partial charge in [-0.15, -0.1) is 0 Å². The van der Waals surface area contributed by atoms with Gasteiger partial charge in [0, 0.05) is 6.26 Å². The molecule has 0 aromatic heterocycles. The first kappa shape index (κ1) is 17.6. The Kier molecular flexibility index (Phi) is 9.15. The van der Waals surface area contributed by atoms with Gasteiger partial charge < -0.3 is 0 Å². The lowest BCUT2D eigenvalue weighted by atomic mass is 10.2. The summed E-state index contributed by atoms with van der Waals surface area (Å²) in [7, 11) is -3.05. The fourth-order valence-electron chi connectivity index (χ4n) is 1.15. The SMILES string of the molecule is CC.CC.Cc1cc(C)cc(S(C)(=O)=O)c1. The van der Waals surface area contributed by atoms with Crippen LogP contribution in [0.1, 0.15) is 38.8 Å². The van der Waals surface area contributed by atoms with Crippen molar-refractivity contribution in [2.45, 2.75) is 46.4 Å². The average molecular weight is 244 g/mol. The first-order valence-corrected chi connectivity index (χ1v) is 7.57. The molecule has 0 aliphatic carbocycles. The topological polar surface area (TPSA) is 34.1 Å². The van der Waals surface area contributed by atoms with E-state index in [1.165, 1.54) is 6.26 Å². The Labute approximate surface area is 101 Å². The summed E-state index contributed by atoms with van der Waals surface area (Å²) >= 11 is 0. The highest BCUT2D eigenvalue weighted by atomic mass is 32.2. The van der Waals surface area contributed by atoms with Crippen molar-refractivity contribution in [3.63, 3.8) is 0 Å². The minimum atomic E-state index is -3.05. The summed E-state index contributed by atoms with van der Waals surface area (Å²) in [5.41, 5.74) is 1.96. The molecule has 2 nitrogen and oxygen atoms in total. The Hall–Kier alpha value is -0.830. The maximum atomic E-state index is 11.1. The highest BCUT2D eigenvalue weighted by Gasteiger charge is 2.06. The van der Waals surface area contributed by atoms with Crippen molar-refractivity contribution in [3.8, 4) is 0 Å². The number of benzene rings is 1. The maximum absolute atomic E-state index is 11.1. The van der Waals surface area contributed by atoms with Crippen LogP contribution in [0.3, 0.4) is 0 Å². The smallest absolute Gasteiger partial charge is 0.175 e. The molecule has 16 heavy (non-hydrogen) atoms. The van der Waals surface area contributed by atoms with Gasteiger partial charge in [0.25, 0.3) is 0 Å². The zero-order valence-corrected chi connectivity index (χ0v) is 12.3.